The molecule has 0 saturated heterocycles. The first-order chi connectivity index (χ1) is 10.2. The minimum Gasteiger partial charge on any atom is -0.481 e. The first-order valence-corrected chi connectivity index (χ1v) is 6.57. The predicted molar refractivity (Wildman–Crippen MR) is 80.4 cm³/mol. The van der Waals surface area contributed by atoms with E-state index in [1.54, 1.807) is 12.1 Å². The van der Waals surface area contributed by atoms with Crippen LogP contribution in [-0.2, 0) is 4.79 Å². The summed E-state index contributed by atoms with van der Waals surface area (Å²) in [5.41, 5.74) is 2.55. The van der Waals surface area contributed by atoms with Crippen molar-refractivity contribution in [3.8, 4) is 0 Å². The standard InChI is InChI=1S/C16H16N2O3/c19-15(20)8-11-18-16(21)14-5-3-13(4-6-14)12-2-1-9-17-10-7-12/h1-7,9-10,17H,8,11H2,(H,18,21)(H,19,20). The van der Waals surface area contributed by atoms with Gasteiger partial charge in [0.25, 0.3) is 5.91 Å². The Kier molecular flexibility index (Phi) is 4.93. The topological polar surface area (TPSA) is 78.4 Å². The van der Waals surface area contributed by atoms with Gasteiger partial charge in [0.15, 0.2) is 0 Å². The fraction of sp³-hybridized carbons (Fsp3) is 0.125. The predicted octanol–water partition coefficient (Wildman–Crippen LogP) is 1.91. The van der Waals surface area contributed by atoms with Crippen LogP contribution in [0.4, 0.5) is 0 Å². The number of carbonyl (C=O) groups is 2. The lowest BCUT2D eigenvalue weighted by atomic mass is 10.0. The third-order valence-electron chi connectivity index (χ3n) is 2.93. The Balaban J connectivity index is 2.01. The summed E-state index contributed by atoms with van der Waals surface area (Å²) in [6.07, 6.45) is 9.40. The molecule has 1 aliphatic rings. The number of carboxylic acid groups (broad SMARTS) is 1. The van der Waals surface area contributed by atoms with Crippen LogP contribution in [0.25, 0.3) is 5.57 Å². The van der Waals surface area contributed by atoms with Crippen molar-refractivity contribution in [3.05, 3.63) is 66.0 Å². The molecule has 0 aromatic heterocycles. The Morgan fingerprint density at radius 2 is 1.90 bits per heavy atom. The summed E-state index contributed by atoms with van der Waals surface area (Å²) in [6.45, 7) is 0.125. The van der Waals surface area contributed by atoms with Crippen LogP contribution in [0.2, 0.25) is 0 Å². The van der Waals surface area contributed by atoms with Crippen LogP contribution in [0.15, 0.2) is 54.9 Å². The molecule has 1 aromatic carbocycles. The number of rotatable bonds is 5. The maximum absolute atomic E-state index is 11.8. The molecule has 0 radical (unpaired) electrons. The normalized spacial score (nSPS) is 13.0. The van der Waals surface area contributed by atoms with E-state index >= 15 is 0 Å². The van der Waals surface area contributed by atoms with Crippen molar-refractivity contribution < 1.29 is 14.7 Å². The number of allylic oxidation sites excluding steroid dienone is 4. The molecule has 0 bridgehead atoms. The third kappa shape index (κ3) is 4.35. The maximum Gasteiger partial charge on any atom is 0.305 e. The number of hydrogen-bond acceptors (Lipinski definition) is 3. The molecule has 5 nitrogen and oxygen atoms in total. The van der Waals surface area contributed by atoms with E-state index in [9.17, 15) is 9.59 Å². The second kappa shape index (κ2) is 7.09. The van der Waals surface area contributed by atoms with Crippen LogP contribution in [0.3, 0.4) is 0 Å². The van der Waals surface area contributed by atoms with Gasteiger partial charge in [-0.1, -0.05) is 18.2 Å². The Morgan fingerprint density at radius 3 is 2.62 bits per heavy atom. The van der Waals surface area contributed by atoms with Crippen molar-refractivity contribution in [2.75, 3.05) is 6.54 Å². The fourth-order valence-corrected chi connectivity index (χ4v) is 1.85. The summed E-state index contributed by atoms with van der Waals surface area (Å²) in [5.74, 6) is -1.20. The summed E-state index contributed by atoms with van der Waals surface area (Å²) < 4.78 is 0. The lowest BCUT2D eigenvalue weighted by molar-refractivity contribution is -0.136. The van der Waals surface area contributed by atoms with E-state index in [0.717, 1.165) is 11.1 Å². The van der Waals surface area contributed by atoms with Gasteiger partial charge >= 0.3 is 5.97 Å². The number of carboxylic acids is 1. The SMILES string of the molecule is O=C(O)CCNC(=O)c1ccc(C2=CC=CNC=C2)cc1. The summed E-state index contributed by atoms with van der Waals surface area (Å²) in [6, 6.07) is 7.17. The highest BCUT2D eigenvalue weighted by atomic mass is 16.4. The number of nitrogens with one attached hydrogen (secondary N) is 2. The first kappa shape index (κ1) is 14.6. The molecule has 0 spiro atoms. The average Bonchev–Trinajstić information content (AvgIpc) is 2.76. The quantitative estimate of drug-likeness (QED) is 0.771. The van der Waals surface area contributed by atoms with E-state index in [1.165, 1.54) is 0 Å². The minimum atomic E-state index is -0.931. The molecule has 1 heterocycles. The third-order valence-corrected chi connectivity index (χ3v) is 2.93. The zero-order chi connectivity index (χ0) is 15.1. The van der Waals surface area contributed by atoms with E-state index in [0.29, 0.717) is 5.56 Å². The lowest BCUT2D eigenvalue weighted by Crippen LogP contribution is -2.25. The number of carbonyl (C=O) groups excluding carboxylic acids is 1. The van der Waals surface area contributed by atoms with Crippen molar-refractivity contribution in [1.29, 1.82) is 0 Å². The molecule has 0 unspecified atom stereocenters. The van der Waals surface area contributed by atoms with Crippen molar-refractivity contribution >= 4 is 17.4 Å². The van der Waals surface area contributed by atoms with Gasteiger partial charge in [-0.3, -0.25) is 9.59 Å². The van der Waals surface area contributed by atoms with Gasteiger partial charge in [-0.25, -0.2) is 0 Å². The molecule has 21 heavy (non-hydrogen) atoms. The molecule has 1 amide bonds. The summed E-state index contributed by atoms with van der Waals surface area (Å²) in [4.78, 5) is 22.2. The Bertz CT molecular complexity index is 613. The van der Waals surface area contributed by atoms with E-state index in [4.69, 9.17) is 5.11 Å². The summed E-state index contributed by atoms with van der Waals surface area (Å²) >= 11 is 0. The zero-order valence-corrected chi connectivity index (χ0v) is 11.4. The van der Waals surface area contributed by atoms with E-state index in [-0.39, 0.29) is 18.9 Å². The van der Waals surface area contributed by atoms with Crippen LogP contribution in [0, 0.1) is 0 Å². The van der Waals surface area contributed by atoms with Crippen LogP contribution in [0.1, 0.15) is 22.3 Å². The lowest BCUT2D eigenvalue weighted by Gasteiger charge is -2.06. The van der Waals surface area contributed by atoms with Crippen LogP contribution < -0.4 is 10.6 Å². The van der Waals surface area contributed by atoms with Crippen LogP contribution in [0.5, 0.6) is 0 Å². The van der Waals surface area contributed by atoms with Gasteiger partial charge in [-0.15, -0.1) is 0 Å². The molecular weight excluding hydrogens is 268 g/mol. The molecule has 0 aliphatic carbocycles. The molecule has 1 aliphatic heterocycles. The number of hydrogen-bond donors (Lipinski definition) is 3. The first-order valence-electron chi connectivity index (χ1n) is 6.57. The van der Waals surface area contributed by atoms with Gasteiger partial charge in [-0.2, -0.15) is 0 Å². The molecule has 1 aromatic rings. The van der Waals surface area contributed by atoms with E-state index in [1.807, 2.05) is 42.8 Å². The van der Waals surface area contributed by atoms with Crippen molar-refractivity contribution in [2.45, 2.75) is 6.42 Å². The summed E-state index contributed by atoms with van der Waals surface area (Å²) in [5, 5.41) is 14.1. The summed E-state index contributed by atoms with van der Waals surface area (Å²) in [7, 11) is 0. The van der Waals surface area contributed by atoms with Crippen molar-refractivity contribution in [3.63, 3.8) is 0 Å². The van der Waals surface area contributed by atoms with Crippen LogP contribution >= 0.6 is 0 Å². The molecule has 0 saturated carbocycles. The van der Waals surface area contributed by atoms with Gasteiger partial charge < -0.3 is 15.7 Å². The van der Waals surface area contributed by atoms with Gasteiger partial charge in [0.2, 0.25) is 0 Å². The largest absolute Gasteiger partial charge is 0.481 e. The molecular formula is C16H16N2O3. The van der Waals surface area contributed by atoms with E-state index < -0.39 is 5.97 Å². The molecule has 5 heteroatoms. The Hall–Kier alpha value is -2.82. The van der Waals surface area contributed by atoms with Gasteiger partial charge in [-0.05, 0) is 35.4 Å². The van der Waals surface area contributed by atoms with Crippen molar-refractivity contribution in [1.82, 2.24) is 10.6 Å². The molecule has 108 valence electrons. The highest BCUT2D eigenvalue weighted by Gasteiger charge is 2.06. The monoisotopic (exact) mass is 284 g/mol. The molecule has 0 atom stereocenters. The highest BCUT2D eigenvalue weighted by Crippen LogP contribution is 2.17. The minimum absolute atomic E-state index is 0.0825. The number of benzene rings is 1. The highest BCUT2D eigenvalue weighted by molar-refractivity contribution is 5.94. The number of aliphatic carboxylic acids is 1. The second-order valence-corrected chi connectivity index (χ2v) is 4.46. The smallest absolute Gasteiger partial charge is 0.305 e. The second-order valence-electron chi connectivity index (χ2n) is 4.46. The fourth-order valence-electron chi connectivity index (χ4n) is 1.85. The van der Waals surface area contributed by atoms with Crippen molar-refractivity contribution in [2.24, 2.45) is 0 Å². The van der Waals surface area contributed by atoms with E-state index in [2.05, 4.69) is 10.6 Å². The maximum atomic E-state index is 11.8. The molecule has 3 N–H and O–H groups in total. The molecule has 0 fully saturated rings. The van der Waals surface area contributed by atoms with Gasteiger partial charge in [0, 0.05) is 24.5 Å². The van der Waals surface area contributed by atoms with Crippen LogP contribution in [-0.4, -0.2) is 23.5 Å². The zero-order valence-electron chi connectivity index (χ0n) is 11.4. The molecule has 2 rings (SSSR count). The average molecular weight is 284 g/mol. The number of amides is 1. The van der Waals surface area contributed by atoms with Gasteiger partial charge in [0.1, 0.15) is 0 Å². The Morgan fingerprint density at radius 1 is 1.14 bits per heavy atom. The Labute approximate surface area is 122 Å². The van der Waals surface area contributed by atoms with Gasteiger partial charge in [0.05, 0.1) is 6.42 Å².